The largest absolute Gasteiger partial charge is 0.543 e. The summed E-state index contributed by atoms with van der Waals surface area (Å²) in [5, 5.41) is 14.7. The smallest absolute Gasteiger partial charge is 0.250 e. The molecule has 1 atom stereocenters. The van der Waals surface area contributed by atoms with Crippen molar-refractivity contribution in [3.8, 4) is 11.5 Å². The van der Waals surface area contributed by atoms with Gasteiger partial charge in [0.25, 0.3) is 5.91 Å². The summed E-state index contributed by atoms with van der Waals surface area (Å²) in [6.07, 6.45) is 0. The van der Waals surface area contributed by atoms with E-state index in [2.05, 4.69) is 45.2 Å². The van der Waals surface area contributed by atoms with E-state index in [1.54, 1.807) is 35.2 Å². The van der Waals surface area contributed by atoms with Gasteiger partial charge in [-0.05, 0) is 87.3 Å². The van der Waals surface area contributed by atoms with Crippen LogP contribution in [-0.2, 0) is 4.79 Å². The van der Waals surface area contributed by atoms with Crippen molar-refractivity contribution in [2.45, 2.75) is 77.4 Å². The summed E-state index contributed by atoms with van der Waals surface area (Å²) in [5.74, 6) is 0.931. The molecule has 6 nitrogen and oxygen atoms in total. The number of fused-ring (bicyclic) bond motifs is 1. The fraction of sp³-hybridized carbons (Fsp3) is 0.444. The second-order valence-corrected chi connectivity index (χ2v) is 18.9. The first-order valence-corrected chi connectivity index (χ1v) is 16.6. The number of rotatable bonds is 5. The molecule has 9 heteroatoms. The quantitative estimate of drug-likeness (QED) is 0.262. The highest BCUT2D eigenvalue weighted by atomic mass is 32.2. The standard InChI is InChI=1S/C27H35N3O3S2Si/c1-15-13-20(31)16(2)12-19(15)28-23(32)22-27(6,7)35-25(30-22)24-29-18-11-10-17(14-21(18)34-24)33-36(8,9)26(3,4)5/h10-14,22,31H,1-9H3,(H,28,32). The lowest BCUT2D eigenvalue weighted by molar-refractivity contribution is -0.117. The van der Waals surface area contributed by atoms with Gasteiger partial charge in [-0.3, -0.25) is 9.79 Å². The van der Waals surface area contributed by atoms with Crippen LogP contribution in [0.15, 0.2) is 35.3 Å². The molecule has 0 bridgehead atoms. The van der Waals surface area contributed by atoms with Crippen molar-refractivity contribution < 1.29 is 14.3 Å². The van der Waals surface area contributed by atoms with Crippen LogP contribution in [0.5, 0.6) is 11.5 Å². The Kier molecular flexibility index (Phi) is 6.81. The minimum Gasteiger partial charge on any atom is -0.543 e. The highest BCUT2D eigenvalue weighted by molar-refractivity contribution is 8.16. The number of nitrogens with zero attached hydrogens (tertiary/aromatic N) is 2. The molecule has 2 aromatic carbocycles. The Morgan fingerprint density at radius 1 is 1.14 bits per heavy atom. The number of phenolic OH excluding ortho intramolecular Hbond substituents is 1. The second-order valence-electron chi connectivity index (χ2n) is 11.5. The minimum absolute atomic E-state index is 0.120. The number of aromatic hydroxyl groups is 1. The molecular weight excluding hydrogens is 507 g/mol. The molecule has 2 heterocycles. The van der Waals surface area contributed by atoms with Gasteiger partial charge in [0.1, 0.15) is 27.6 Å². The third kappa shape index (κ3) is 5.19. The van der Waals surface area contributed by atoms with E-state index in [-0.39, 0.29) is 16.7 Å². The molecule has 1 aliphatic rings. The Bertz CT molecular complexity index is 1370. The molecule has 3 aromatic rings. The van der Waals surface area contributed by atoms with Crippen molar-refractivity contribution in [3.05, 3.63) is 46.5 Å². The van der Waals surface area contributed by atoms with Crippen LogP contribution in [0.3, 0.4) is 0 Å². The average molecular weight is 542 g/mol. The number of benzene rings is 2. The molecule has 1 aliphatic heterocycles. The molecule has 2 N–H and O–H groups in total. The van der Waals surface area contributed by atoms with Crippen molar-refractivity contribution in [3.63, 3.8) is 0 Å². The van der Waals surface area contributed by atoms with E-state index >= 15 is 0 Å². The zero-order valence-corrected chi connectivity index (χ0v) is 25.1. The monoisotopic (exact) mass is 541 g/mol. The van der Waals surface area contributed by atoms with Gasteiger partial charge in [-0.2, -0.15) is 0 Å². The maximum absolute atomic E-state index is 13.3. The van der Waals surface area contributed by atoms with Crippen molar-refractivity contribution in [2.24, 2.45) is 4.99 Å². The number of phenols is 1. The fourth-order valence-electron chi connectivity index (χ4n) is 3.72. The first-order valence-electron chi connectivity index (χ1n) is 12.1. The van der Waals surface area contributed by atoms with Crippen LogP contribution in [0, 0.1) is 13.8 Å². The van der Waals surface area contributed by atoms with Crippen LogP contribution in [0.2, 0.25) is 18.1 Å². The predicted octanol–water partition coefficient (Wildman–Crippen LogP) is 7.28. The maximum atomic E-state index is 13.3. The Hall–Kier alpha value is -2.36. The number of aromatic nitrogens is 1. The van der Waals surface area contributed by atoms with E-state index in [0.717, 1.165) is 31.6 Å². The number of thioether (sulfide) groups is 1. The Morgan fingerprint density at radius 3 is 2.50 bits per heavy atom. The molecule has 4 rings (SSSR count). The predicted molar refractivity (Wildman–Crippen MR) is 156 cm³/mol. The first kappa shape index (κ1) is 26.7. The van der Waals surface area contributed by atoms with Gasteiger partial charge in [-0.15, -0.1) is 11.3 Å². The van der Waals surface area contributed by atoms with E-state index in [1.165, 1.54) is 0 Å². The lowest BCUT2D eigenvalue weighted by atomic mass is 10.0. The molecule has 1 aromatic heterocycles. The van der Waals surface area contributed by atoms with E-state index in [1.807, 2.05) is 39.8 Å². The lowest BCUT2D eigenvalue weighted by Gasteiger charge is -2.36. The number of carbonyl (C=O) groups excluding carboxylic acids is 1. The number of carbonyl (C=O) groups is 1. The average Bonchev–Trinajstić information content (AvgIpc) is 3.30. The number of anilines is 1. The number of aryl methyl sites for hydroxylation is 2. The summed E-state index contributed by atoms with van der Waals surface area (Å²) < 4.78 is 7.11. The van der Waals surface area contributed by atoms with E-state index < -0.39 is 19.1 Å². The van der Waals surface area contributed by atoms with Crippen LogP contribution in [0.1, 0.15) is 50.8 Å². The number of aliphatic imine (C=N–C) groups is 1. The summed E-state index contributed by atoms with van der Waals surface area (Å²) in [6, 6.07) is 8.97. The molecule has 0 saturated heterocycles. The Morgan fingerprint density at radius 2 is 1.83 bits per heavy atom. The number of thiazole rings is 1. The first-order chi connectivity index (χ1) is 16.6. The summed E-state index contributed by atoms with van der Waals surface area (Å²) in [7, 11) is -1.94. The molecule has 0 aliphatic carbocycles. The van der Waals surface area contributed by atoms with Crippen molar-refractivity contribution in [2.75, 3.05) is 5.32 Å². The van der Waals surface area contributed by atoms with Gasteiger partial charge >= 0.3 is 0 Å². The molecular formula is C27H35N3O3S2Si. The zero-order chi connectivity index (χ0) is 26.6. The number of nitrogens with one attached hydrogen (secondary N) is 1. The molecule has 0 spiro atoms. The normalized spacial score (nSPS) is 17.8. The lowest BCUT2D eigenvalue weighted by Crippen LogP contribution is -2.43. The summed E-state index contributed by atoms with van der Waals surface area (Å²) >= 11 is 3.16. The van der Waals surface area contributed by atoms with E-state index in [4.69, 9.17) is 14.4 Å². The Balaban J connectivity index is 1.59. The summed E-state index contributed by atoms with van der Waals surface area (Å²) in [5.41, 5.74) is 3.11. The van der Waals surface area contributed by atoms with Crippen molar-refractivity contribution in [1.29, 1.82) is 0 Å². The maximum Gasteiger partial charge on any atom is 0.250 e. The van der Waals surface area contributed by atoms with Gasteiger partial charge in [0, 0.05) is 10.4 Å². The zero-order valence-electron chi connectivity index (χ0n) is 22.4. The number of hydrogen-bond acceptors (Lipinski definition) is 7. The molecule has 192 valence electrons. The van der Waals surface area contributed by atoms with Gasteiger partial charge in [0.05, 0.1) is 10.2 Å². The molecule has 1 unspecified atom stereocenters. The highest BCUT2D eigenvalue weighted by Crippen LogP contribution is 2.43. The van der Waals surface area contributed by atoms with E-state index in [0.29, 0.717) is 11.3 Å². The fourth-order valence-corrected chi connectivity index (χ4v) is 6.94. The summed E-state index contributed by atoms with van der Waals surface area (Å²) in [4.78, 5) is 22.9. The topological polar surface area (TPSA) is 83.8 Å². The van der Waals surface area contributed by atoms with Crippen LogP contribution < -0.4 is 9.74 Å². The SMILES string of the molecule is Cc1cc(NC(=O)C2N=C(c3nc4ccc(O[Si](C)(C)C(C)(C)C)cc4s3)SC2(C)C)c(C)cc1O. The van der Waals surface area contributed by atoms with Gasteiger partial charge < -0.3 is 14.8 Å². The summed E-state index contributed by atoms with van der Waals surface area (Å²) in [6.45, 7) is 18.9. The van der Waals surface area contributed by atoms with Crippen molar-refractivity contribution >= 4 is 58.3 Å². The molecule has 1 amide bonds. The number of amides is 1. The molecule has 36 heavy (non-hydrogen) atoms. The molecule has 0 fully saturated rings. The van der Waals surface area contributed by atoms with Gasteiger partial charge in [0.2, 0.25) is 8.32 Å². The third-order valence-corrected chi connectivity index (χ3v) is 13.8. The van der Waals surface area contributed by atoms with Crippen LogP contribution in [0.25, 0.3) is 10.2 Å². The van der Waals surface area contributed by atoms with E-state index in [9.17, 15) is 9.90 Å². The van der Waals surface area contributed by atoms with Crippen molar-refractivity contribution in [1.82, 2.24) is 4.98 Å². The molecule has 0 saturated carbocycles. The van der Waals surface area contributed by atoms with Gasteiger partial charge in [-0.1, -0.05) is 32.5 Å². The Labute approximate surface area is 222 Å². The van der Waals surface area contributed by atoms with Crippen LogP contribution in [0.4, 0.5) is 5.69 Å². The second kappa shape index (κ2) is 9.18. The third-order valence-electron chi connectivity index (χ3n) is 7.04. The molecule has 0 radical (unpaired) electrons. The van der Waals surface area contributed by atoms with Crippen LogP contribution in [-0.4, -0.2) is 40.1 Å². The number of hydrogen-bond donors (Lipinski definition) is 2. The minimum atomic E-state index is -1.94. The van der Waals surface area contributed by atoms with Crippen LogP contribution >= 0.6 is 23.1 Å². The van der Waals surface area contributed by atoms with Gasteiger partial charge in [-0.25, -0.2) is 4.98 Å². The van der Waals surface area contributed by atoms with Gasteiger partial charge in [0.15, 0.2) is 0 Å². The highest BCUT2D eigenvalue weighted by Gasteiger charge is 2.43.